The van der Waals surface area contributed by atoms with Crippen LogP contribution in [0.15, 0.2) is 340 Å². The minimum absolute atomic E-state index is 0.235. The van der Waals surface area contributed by atoms with E-state index < -0.39 is 10.8 Å². The van der Waals surface area contributed by atoms with E-state index >= 15 is 0 Å². The zero-order valence-corrected chi connectivity index (χ0v) is 52.3. The second-order valence-corrected chi connectivity index (χ2v) is 26.8. The summed E-state index contributed by atoms with van der Waals surface area (Å²) < 4.78 is 2.56. The van der Waals surface area contributed by atoms with Gasteiger partial charge in [0.2, 0.25) is 0 Å². The zero-order valence-electron chi connectivity index (χ0n) is 52.3. The maximum Gasteiger partial charge on any atom is 0.252 e. The summed E-state index contributed by atoms with van der Waals surface area (Å²) in [5.41, 5.74) is 38.2. The molecule has 0 atom stereocenters. The Morgan fingerprint density at radius 1 is 0.240 bits per heavy atom. The van der Waals surface area contributed by atoms with E-state index in [1.54, 1.807) is 0 Å². The SMILES string of the molecule is c1ccc(-c2ccc(N3c4ccc(-c5ccccc5)cc4B4c5ccc6c(c5N(c5cccc7c5C5(c8ccccc8-c8ccccc85)c5ccccc5-7)c5cc(-n7c8ccccc8c8ccccc87)cc3c54)C3(c4ccccc4-c4ccccc43)c3ccccc3-6)cc2)cc1. The first-order valence-corrected chi connectivity index (χ1v) is 33.7. The van der Waals surface area contributed by atoms with Crippen molar-refractivity contribution in [3.8, 4) is 72.4 Å². The van der Waals surface area contributed by atoms with E-state index in [0.29, 0.717) is 0 Å². The van der Waals surface area contributed by atoms with E-state index in [9.17, 15) is 0 Å². The first kappa shape index (κ1) is 52.3. The lowest BCUT2D eigenvalue weighted by atomic mass is 9.33. The Balaban J connectivity index is 0.948. The fourth-order valence-electron chi connectivity index (χ4n) is 19.1. The van der Waals surface area contributed by atoms with Crippen LogP contribution in [-0.2, 0) is 10.8 Å². The Morgan fingerprint density at radius 2 is 0.646 bits per heavy atom. The Bertz CT molecular complexity index is 5880. The maximum absolute atomic E-state index is 2.84. The van der Waals surface area contributed by atoms with Crippen LogP contribution in [0.2, 0.25) is 0 Å². The van der Waals surface area contributed by atoms with Crippen molar-refractivity contribution >= 4 is 79.0 Å². The number of para-hydroxylation sites is 2. The van der Waals surface area contributed by atoms with E-state index in [1.807, 2.05) is 0 Å². The van der Waals surface area contributed by atoms with E-state index in [2.05, 4.69) is 354 Å². The Morgan fingerprint density at radius 3 is 1.18 bits per heavy atom. The second kappa shape index (κ2) is 19.2. The predicted molar refractivity (Wildman–Crippen MR) is 398 cm³/mol. The minimum atomic E-state index is -0.714. The van der Waals surface area contributed by atoms with Crippen LogP contribution in [0.5, 0.6) is 0 Å². The normalized spacial score (nSPS) is 14.4. The molecule has 0 bridgehead atoms. The van der Waals surface area contributed by atoms with Crippen molar-refractivity contribution in [1.82, 2.24) is 4.57 Å². The molecule has 1 aromatic heterocycles. The molecule has 442 valence electrons. The Hall–Kier alpha value is -12.2. The van der Waals surface area contributed by atoms with Crippen LogP contribution in [0, 0.1) is 0 Å². The average molecular weight is 1210 g/mol. The topological polar surface area (TPSA) is 11.4 Å². The van der Waals surface area contributed by atoms with Gasteiger partial charge in [0, 0.05) is 50.3 Å². The van der Waals surface area contributed by atoms with Crippen molar-refractivity contribution in [2.75, 3.05) is 9.80 Å². The molecule has 3 nitrogen and oxygen atoms in total. The van der Waals surface area contributed by atoms with E-state index in [4.69, 9.17) is 0 Å². The number of fused-ring (bicyclic) bond motifs is 28. The van der Waals surface area contributed by atoms with Crippen LogP contribution in [0.25, 0.3) is 94.3 Å². The fraction of sp³-hybridized carbons (Fsp3) is 0.0217. The van der Waals surface area contributed by atoms with E-state index in [0.717, 1.165) is 45.2 Å². The number of anilines is 6. The summed E-state index contributed by atoms with van der Waals surface area (Å²) in [6, 6.07) is 130. The molecule has 0 radical (unpaired) electrons. The summed E-state index contributed by atoms with van der Waals surface area (Å²) in [5, 5.41) is 2.45. The molecule has 2 spiro atoms. The molecule has 4 aliphatic carbocycles. The molecule has 0 fully saturated rings. The third kappa shape index (κ3) is 6.53. The number of hydrogen-bond donors (Lipinski definition) is 0. The highest BCUT2D eigenvalue weighted by Gasteiger charge is 2.58. The van der Waals surface area contributed by atoms with Crippen LogP contribution in [0.4, 0.5) is 34.1 Å². The highest BCUT2D eigenvalue weighted by Crippen LogP contribution is 2.69. The van der Waals surface area contributed by atoms with Crippen molar-refractivity contribution in [2.24, 2.45) is 0 Å². The first-order valence-electron chi connectivity index (χ1n) is 33.7. The molecule has 0 saturated carbocycles. The van der Waals surface area contributed by atoms with Crippen molar-refractivity contribution < 1.29 is 0 Å². The van der Waals surface area contributed by atoms with Crippen LogP contribution in [0.1, 0.15) is 44.5 Å². The molecule has 0 unspecified atom stereocenters. The van der Waals surface area contributed by atoms with Crippen LogP contribution >= 0.6 is 0 Å². The third-order valence-corrected chi connectivity index (χ3v) is 22.6. The van der Waals surface area contributed by atoms with Crippen LogP contribution in [-0.4, -0.2) is 11.3 Å². The van der Waals surface area contributed by atoms with Gasteiger partial charge in [0.1, 0.15) is 0 Å². The molecule has 16 aromatic rings. The van der Waals surface area contributed by atoms with Gasteiger partial charge in [-0.2, -0.15) is 0 Å². The fourth-order valence-corrected chi connectivity index (χ4v) is 19.1. The van der Waals surface area contributed by atoms with Crippen molar-refractivity contribution in [3.63, 3.8) is 0 Å². The Kier molecular flexibility index (Phi) is 10.5. The lowest BCUT2D eigenvalue weighted by Gasteiger charge is -2.47. The van der Waals surface area contributed by atoms with Gasteiger partial charge in [-0.25, -0.2) is 0 Å². The molecular formula is C92H56BN3. The van der Waals surface area contributed by atoms with Gasteiger partial charge >= 0.3 is 0 Å². The van der Waals surface area contributed by atoms with Crippen molar-refractivity contribution in [3.05, 3.63) is 384 Å². The van der Waals surface area contributed by atoms with E-state index in [-0.39, 0.29) is 6.71 Å². The summed E-state index contributed by atoms with van der Waals surface area (Å²) in [7, 11) is 0. The molecule has 0 saturated heterocycles. The molecule has 22 rings (SSSR count). The second-order valence-electron chi connectivity index (χ2n) is 26.8. The zero-order chi connectivity index (χ0) is 62.5. The van der Waals surface area contributed by atoms with Gasteiger partial charge in [0.05, 0.1) is 33.2 Å². The molecule has 0 N–H and O–H groups in total. The lowest BCUT2D eigenvalue weighted by Crippen LogP contribution is -2.62. The summed E-state index contributed by atoms with van der Waals surface area (Å²) in [4.78, 5) is 5.45. The van der Waals surface area contributed by atoms with Crippen molar-refractivity contribution in [2.45, 2.75) is 10.8 Å². The van der Waals surface area contributed by atoms with Crippen LogP contribution < -0.4 is 26.2 Å². The molecule has 3 heterocycles. The monoisotopic (exact) mass is 1210 g/mol. The molecule has 0 amide bonds. The predicted octanol–water partition coefficient (Wildman–Crippen LogP) is 20.9. The minimum Gasteiger partial charge on any atom is -0.311 e. The molecule has 15 aromatic carbocycles. The molecule has 4 heteroatoms. The molecule has 6 aliphatic rings. The summed E-state index contributed by atoms with van der Waals surface area (Å²) in [6.45, 7) is -0.235. The Labute approximate surface area is 557 Å². The summed E-state index contributed by atoms with van der Waals surface area (Å²) in [6.07, 6.45) is 0. The highest BCUT2D eigenvalue weighted by molar-refractivity contribution is 7.00. The molecule has 96 heavy (non-hydrogen) atoms. The molecular weight excluding hydrogens is 1160 g/mol. The summed E-state index contributed by atoms with van der Waals surface area (Å²) in [5.74, 6) is 0. The van der Waals surface area contributed by atoms with Crippen molar-refractivity contribution in [1.29, 1.82) is 0 Å². The third-order valence-electron chi connectivity index (χ3n) is 22.6. The van der Waals surface area contributed by atoms with E-state index in [1.165, 1.54) is 144 Å². The largest absolute Gasteiger partial charge is 0.311 e. The number of benzene rings is 15. The average Bonchev–Trinajstić information content (AvgIpc) is 1.43. The van der Waals surface area contributed by atoms with Crippen LogP contribution in [0.3, 0.4) is 0 Å². The number of hydrogen-bond acceptors (Lipinski definition) is 2. The number of rotatable bonds is 5. The number of nitrogens with zero attached hydrogens (tertiary/aromatic N) is 3. The van der Waals surface area contributed by atoms with Gasteiger partial charge < -0.3 is 14.4 Å². The maximum atomic E-state index is 2.84. The first-order chi connectivity index (χ1) is 47.7. The van der Waals surface area contributed by atoms with Gasteiger partial charge in [-0.05, 0) is 165 Å². The van der Waals surface area contributed by atoms with Gasteiger partial charge in [-0.3, -0.25) is 0 Å². The van der Waals surface area contributed by atoms with Gasteiger partial charge in [-0.1, -0.05) is 291 Å². The smallest absolute Gasteiger partial charge is 0.252 e. The van der Waals surface area contributed by atoms with Gasteiger partial charge in [-0.15, -0.1) is 0 Å². The standard InChI is InChI=1S/C92H56BN3/c1-3-24-57(25-4-1)59-46-49-61(50-47-59)94-83-53-48-60(58-26-5-2-6-27-58)54-80(83)93-79-52-51-72-68-33-12-20-42-78(68)92(75-39-17-9-30-65(75)66-31-10-18-40-76(66)92)88(72)90(79)96(86-56-62(55-85(94)89(86)93)95-81-43-21-13-34-69(81)70-35-14-22-44-82(70)95)84-45-23-36-71-67-32-11-19-41-77(67)91(87(71)84)73-37-15-7-28-63(73)64-29-8-16-38-74(64)91/h1-56H. The lowest BCUT2D eigenvalue weighted by molar-refractivity contribution is 0.786. The highest BCUT2D eigenvalue weighted by atomic mass is 15.2. The van der Waals surface area contributed by atoms with Gasteiger partial charge in [0.15, 0.2) is 0 Å². The van der Waals surface area contributed by atoms with Gasteiger partial charge in [0.25, 0.3) is 6.71 Å². The number of aromatic nitrogens is 1. The summed E-state index contributed by atoms with van der Waals surface area (Å²) >= 11 is 0. The quantitative estimate of drug-likeness (QED) is 0.159. The molecule has 2 aliphatic heterocycles.